The fraction of sp³-hybridized carbons (Fsp3) is 0.250. The van der Waals surface area contributed by atoms with Crippen molar-refractivity contribution in [3.8, 4) is 11.5 Å². The molecular weight excluding hydrogens is 268 g/mol. The largest absolute Gasteiger partial charge is 0.450 e. The fourth-order valence-corrected chi connectivity index (χ4v) is 2.09. The van der Waals surface area contributed by atoms with E-state index in [1.165, 1.54) is 0 Å². The van der Waals surface area contributed by atoms with Gasteiger partial charge >= 0.3 is 5.69 Å². The highest BCUT2D eigenvalue weighted by Gasteiger charge is 2.18. The lowest BCUT2D eigenvalue weighted by atomic mass is 10.1. The Balaban J connectivity index is 2.27. The first kappa shape index (κ1) is 15.0. The van der Waals surface area contributed by atoms with Gasteiger partial charge in [-0.1, -0.05) is 31.2 Å². The molecule has 0 aliphatic rings. The van der Waals surface area contributed by atoms with E-state index in [4.69, 9.17) is 10.5 Å². The number of aryl methyl sites for hydroxylation is 1. The number of rotatable bonds is 5. The third-order valence-corrected chi connectivity index (χ3v) is 3.36. The zero-order valence-electron chi connectivity index (χ0n) is 12.1. The Labute approximate surface area is 123 Å². The third kappa shape index (κ3) is 3.38. The SMILES string of the molecule is CCC(N)c1ccc(Oc2cccc(C)c2[N+](=O)[O-])cc1. The van der Waals surface area contributed by atoms with Gasteiger partial charge in [-0.3, -0.25) is 10.1 Å². The molecule has 0 aromatic heterocycles. The number of nitro groups is 1. The van der Waals surface area contributed by atoms with E-state index in [-0.39, 0.29) is 17.5 Å². The van der Waals surface area contributed by atoms with Crippen LogP contribution in [-0.2, 0) is 0 Å². The lowest BCUT2D eigenvalue weighted by molar-refractivity contribution is -0.386. The highest BCUT2D eigenvalue weighted by atomic mass is 16.6. The monoisotopic (exact) mass is 286 g/mol. The standard InChI is InChI=1S/C16H18N2O3/c1-3-14(17)12-7-9-13(10-8-12)21-15-6-4-5-11(2)16(15)18(19)20/h4-10,14H,3,17H2,1-2H3. The van der Waals surface area contributed by atoms with E-state index in [9.17, 15) is 10.1 Å². The first-order valence-electron chi connectivity index (χ1n) is 6.80. The van der Waals surface area contributed by atoms with Crippen LogP contribution in [0.1, 0.15) is 30.5 Å². The van der Waals surface area contributed by atoms with Crippen molar-refractivity contribution < 1.29 is 9.66 Å². The summed E-state index contributed by atoms with van der Waals surface area (Å²) in [5.41, 5.74) is 7.53. The maximum absolute atomic E-state index is 11.1. The fourth-order valence-electron chi connectivity index (χ4n) is 2.09. The highest BCUT2D eigenvalue weighted by Crippen LogP contribution is 2.34. The van der Waals surface area contributed by atoms with Crippen LogP contribution in [0, 0.1) is 17.0 Å². The Bertz CT molecular complexity index is 638. The molecule has 0 saturated carbocycles. The maximum Gasteiger partial charge on any atom is 0.314 e. The van der Waals surface area contributed by atoms with Gasteiger partial charge in [0.15, 0.2) is 0 Å². The first-order valence-corrected chi connectivity index (χ1v) is 6.80. The molecule has 0 aliphatic heterocycles. The molecule has 110 valence electrons. The summed E-state index contributed by atoms with van der Waals surface area (Å²) in [6, 6.07) is 12.3. The van der Waals surface area contributed by atoms with E-state index in [1.54, 1.807) is 37.3 Å². The van der Waals surface area contributed by atoms with Crippen molar-refractivity contribution in [1.29, 1.82) is 0 Å². The van der Waals surface area contributed by atoms with Crippen molar-refractivity contribution in [3.63, 3.8) is 0 Å². The summed E-state index contributed by atoms with van der Waals surface area (Å²) in [5.74, 6) is 0.795. The molecule has 0 amide bonds. The summed E-state index contributed by atoms with van der Waals surface area (Å²) in [6.45, 7) is 3.71. The smallest absolute Gasteiger partial charge is 0.314 e. The molecule has 21 heavy (non-hydrogen) atoms. The van der Waals surface area contributed by atoms with Gasteiger partial charge in [0, 0.05) is 11.6 Å². The van der Waals surface area contributed by atoms with Crippen LogP contribution in [0.5, 0.6) is 11.5 Å². The van der Waals surface area contributed by atoms with E-state index in [2.05, 4.69) is 0 Å². The van der Waals surface area contributed by atoms with E-state index in [0.717, 1.165) is 12.0 Å². The molecule has 5 heteroatoms. The third-order valence-electron chi connectivity index (χ3n) is 3.36. The number of nitrogens with two attached hydrogens (primary N) is 1. The minimum atomic E-state index is -0.425. The molecular formula is C16H18N2O3. The van der Waals surface area contributed by atoms with Gasteiger partial charge in [0.05, 0.1) is 4.92 Å². The average molecular weight is 286 g/mol. The maximum atomic E-state index is 11.1. The van der Waals surface area contributed by atoms with Crippen molar-refractivity contribution in [2.75, 3.05) is 0 Å². The number of nitro benzene ring substituents is 1. The van der Waals surface area contributed by atoms with Gasteiger partial charge in [-0.15, -0.1) is 0 Å². The predicted molar refractivity (Wildman–Crippen MR) is 81.6 cm³/mol. The Morgan fingerprint density at radius 2 is 1.90 bits per heavy atom. The molecule has 1 atom stereocenters. The molecule has 2 rings (SSSR count). The highest BCUT2D eigenvalue weighted by molar-refractivity contribution is 5.53. The molecule has 0 bridgehead atoms. The number of nitrogens with zero attached hydrogens (tertiary/aromatic N) is 1. The minimum absolute atomic E-state index is 0.00708. The number of benzene rings is 2. The molecule has 2 aromatic rings. The van der Waals surface area contributed by atoms with Gasteiger partial charge in [0.1, 0.15) is 5.75 Å². The van der Waals surface area contributed by atoms with Crippen molar-refractivity contribution in [2.24, 2.45) is 5.73 Å². The molecule has 0 aliphatic carbocycles. The quantitative estimate of drug-likeness (QED) is 0.662. The van der Waals surface area contributed by atoms with E-state index < -0.39 is 4.92 Å². The van der Waals surface area contributed by atoms with Crippen LogP contribution in [0.3, 0.4) is 0 Å². The van der Waals surface area contributed by atoms with E-state index >= 15 is 0 Å². The molecule has 0 saturated heterocycles. The summed E-state index contributed by atoms with van der Waals surface area (Å²) < 4.78 is 5.64. The second kappa shape index (κ2) is 6.37. The summed E-state index contributed by atoms with van der Waals surface area (Å²) >= 11 is 0. The van der Waals surface area contributed by atoms with E-state index in [1.807, 2.05) is 19.1 Å². The van der Waals surface area contributed by atoms with Gasteiger partial charge in [-0.25, -0.2) is 0 Å². The number of hydrogen-bond acceptors (Lipinski definition) is 4. The first-order chi connectivity index (χ1) is 10.0. The van der Waals surface area contributed by atoms with Crippen LogP contribution < -0.4 is 10.5 Å². The van der Waals surface area contributed by atoms with Gasteiger partial charge in [0.2, 0.25) is 5.75 Å². The molecule has 0 heterocycles. The zero-order chi connectivity index (χ0) is 15.4. The van der Waals surface area contributed by atoms with Crippen LogP contribution in [0.2, 0.25) is 0 Å². The van der Waals surface area contributed by atoms with Crippen LogP contribution in [-0.4, -0.2) is 4.92 Å². The molecule has 5 nitrogen and oxygen atoms in total. The Morgan fingerprint density at radius 1 is 1.24 bits per heavy atom. The predicted octanol–water partition coefficient (Wildman–Crippen LogP) is 4.11. The number of hydrogen-bond donors (Lipinski definition) is 1. The summed E-state index contributed by atoms with van der Waals surface area (Å²) in [5, 5.41) is 11.1. The zero-order valence-corrected chi connectivity index (χ0v) is 12.1. The van der Waals surface area contributed by atoms with Crippen molar-refractivity contribution in [2.45, 2.75) is 26.3 Å². The van der Waals surface area contributed by atoms with Gasteiger partial charge in [-0.05, 0) is 37.1 Å². The van der Waals surface area contributed by atoms with E-state index in [0.29, 0.717) is 11.3 Å². The Morgan fingerprint density at radius 3 is 2.48 bits per heavy atom. The number of ether oxygens (including phenoxy) is 1. The lowest BCUT2D eigenvalue weighted by Crippen LogP contribution is -2.08. The molecule has 0 radical (unpaired) electrons. The van der Waals surface area contributed by atoms with Crippen molar-refractivity contribution in [1.82, 2.24) is 0 Å². The number of para-hydroxylation sites is 1. The molecule has 0 fully saturated rings. The molecule has 1 unspecified atom stereocenters. The normalized spacial score (nSPS) is 12.0. The second-order valence-corrected chi connectivity index (χ2v) is 4.86. The molecule has 2 N–H and O–H groups in total. The van der Waals surface area contributed by atoms with Crippen molar-refractivity contribution in [3.05, 3.63) is 63.7 Å². The summed E-state index contributed by atoms with van der Waals surface area (Å²) in [4.78, 5) is 10.7. The van der Waals surface area contributed by atoms with Crippen LogP contribution >= 0.6 is 0 Å². The summed E-state index contributed by atoms with van der Waals surface area (Å²) in [6.07, 6.45) is 0.851. The van der Waals surface area contributed by atoms with Gasteiger partial charge < -0.3 is 10.5 Å². The lowest BCUT2D eigenvalue weighted by Gasteiger charge is -2.11. The van der Waals surface area contributed by atoms with Crippen LogP contribution in [0.4, 0.5) is 5.69 Å². The topological polar surface area (TPSA) is 78.4 Å². The average Bonchev–Trinajstić information content (AvgIpc) is 2.47. The van der Waals surface area contributed by atoms with Crippen LogP contribution in [0.15, 0.2) is 42.5 Å². The molecule has 0 spiro atoms. The van der Waals surface area contributed by atoms with Crippen LogP contribution in [0.25, 0.3) is 0 Å². The van der Waals surface area contributed by atoms with Crippen molar-refractivity contribution >= 4 is 5.69 Å². The van der Waals surface area contributed by atoms with Gasteiger partial charge in [-0.2, -0.15) is 0 Å². The minimum Gasteiger partial charge on any atom is -0.450 e. The summed E-state index contributed by atoms with van der Waals surface area (Å²) in [7, 11) is 0. The Hall–Kier alpha value is -2.40. The second-order valence-electron chi connectivity index (χ2n) is 4.86. The molecule has 2 aromatic carbocycles. The van der Waals surface area contributed by atoms with Gasteiger partial charge in [0.25, 0.3) is 0 Å². The Kier molecular flexibility index (Phi) is 4.55.